The van der Waals surface area contributed by atoms with Crippen LogP contribution < -0.4 is 0 Å². The van der Waals surface area contributed by atoms with Gasteiger partial charge in [-0.1, -0.05) is 70.2 Å². The number of benzene rings is 2. The Morgan fingerprint density at radius 1 is 0.897 bits per heavy atom. The van der Waals surface area contributed by atoms with Crippen LogP contribution in [0.1, 0.15) is 49.9 Å². The highest BCUT2D eigenvalue weighted by molar-refractivity contribution is 6.10. The van der Waals surface area contributed by atoms with Gasteiger partial charge in [0.25, 0.3) is 0 Å². The molecule has 2 nitrogen and oxygen atoms in total. The maximum absolute atomic E-state index is 4.42. The highest BCUT2D eigenvalue weighted by Crippen LogP contribution is 2.12. The minimum absolute atomic E-state index is 0.646. The van der Waals surface area contributed by atoms with Gasteiger partial charge in [0.1, 0.15) is 0 Å². The molecule has 0 atom stereocenters. The summed E-state index contributed by atoms with van der Waals surface area (Å²) in [7, 11) is 1.83. The average Bonchev–Trinajstić information content (AvgIpc) is 2.68. The third-order valence-corrected chi connectivity index (χ3v) is 4.51. The molecule has 0 saturated heterocycles. The molecule has 0 N–H and O–H groups in total. The van der Waals surface area contributed by atoms with Crippen LogP contribution in [0.2, 0.25) is 0 Å². The van der Waals surface area contributed by atoms with Crippen LogP contribution in [-0.4, -0.2) is 19.0 Å². The van der Waals surface area contributed by atoms with Gasteiger partial charge in [-0.05, 0) is 71.2 Å². The summed E-state index contributed by atoms with van der Waals surface area (Å²) in [5.41, 5.74) is 6.01. The molecule has 0 bridgehead atoms. The van der Waals surface area contributed by atoms with Gasteiger partial charge in [0.05, 0.1) is 5.71 Å². The summed E-state index contributed by atoms with van der Waals surface area (Å²) >= 11 is 0. The van der Waals surface area contributed by atoms with Crippen LogP contribution in [-0.2, 0) is 12.8 Å². The van der Waals surface area contributed by atoms with Crippen molar-refractivity contribution in [3.63, 3.8) is 0 Å². The second-order valence-corrected chi connectivity index (χ2v) is 8.22. The van der Waals surface area contributed by atoms with E-state index in [1.165, 1.54) is 11.1 Å². The van der Waals surface area contributed by atoms with E-state index < -0.39 is 0 Å². The van der Waals surface area contributed by atoms with E-state index >= 15 is 0 Å². The molecular weight excluding hydrogens is 352 g/mol. The zero-order valence-corrected chi connectivity index (χ0v) is 18.5. The van der Waals surface area contributed by atoms with Gasteiger partial charge in [0.15, 0.2) is 0 Å². The van der Waals surface area contributed by atoms with E-state index in [0.717, 1.165) is 29.7 Å². The van der Waals surface area contributed by atoms with Crippen molar-refractivity contribution in [3.8, 4) is 0 Å². The Balaban J connectivity index is 1.93. The molecule has 0 aliphatic heterocycles. The highest BCUT2D eigenvalue weighted by atomic mass is 14.7. The number of aliphatic imine (C=N–C) groups is 2. The third-order valence-electron chi connectivity index (χ3n) is 4.51. The first-order chi connectivity index (χ1) is 14.0. The van der Waals surface area contributed by atoms with E-state index in [0.29, 0.717) is 11.8 Å². The summed E-state index contributed by atoms with van der Waals surface area (Å²) in [5, 5.41) is 0. The van der Waals surface area contributed by atoms with E-state index in [-0.39, 0.29) is 0 Å². The summed E-state index contributed by atoms with van der Waals surface area (Å²) < 4.78 is 0. The lowest BCUT2D eigenvalue weighted by atomic mass is 9.99. The van der Waals surface area contributed by atoms with Crippen molar-refractivity contribution in [3.05, 3.63) is 89.1 Å². The Morgan fingerprint density at radius 2 is 1.59 bits per heavy atom. The van der Waals surface area contributed by atoms with Crippen molar-refractivity contribution in [1.82, 2.24) is 0 Å². The van der Waals surface area contributed by atoms with Crippen LogP contribution in [0.25, 0.3) is 6.08 Å². The first kappa shape index (κ1) is 22.5. The maximum atomic E-state index is 4.42. The van der Waals surface area contributed by atoms with Crippen molar-refractivity contribution in [2.24, 2.45) is 21.8 Å². The molecule has 0 amide bonds. The Morgan fingerprint density at radius 3 is 2.24 bits per heavy atom. The first-order valence-electron chi connectivity index (χ1n) is 10.5. The van der Waals surface area contributed by atoms with Crippen molar-refractivity contribution in [1.29, 1.82) is 0 Å². The lowest BCUT2D eigenvalue weighted by molar-refractivity contribution is 0.647. The SMILES string of the molecule is CN=C(\C=C/C=N/C=C/c1ccc(CC(C)C)cc1)c1cccc(CC(C)C)c1. The summed E-state index contributed by atoms with van der Waals surface area (Å²) in [6.45, 7) is 8.97. The molecule has 2 aromatic carbocycles. The van der Waals surface area contributed by atoms with E-state index in [1.54, 1.807) is 6.21 Å². The molecule has 152 valence electrons. The lowest BCUT2D eigenvalue weighted by Gasteiger charge is -2.07. The molecule has 2 heteroatoms. The normalized spacial score (nSPS) is 13.0. The fourth-order valence-electron chi connectivity index (χ4n) is 3.23. The molecule has 2 aromatic rings. The van der Waals surface area contributed by atoms with Gasteiger partial charge in [-0.15, -0.1) is 0 Å². The molecule has 0 spiro atoms. The van der Waals surface area contributed by atoms with Crippen LogP contribution in [0.5, 0.6) is 0 Å². The van der Waals surface area contributed by atoms with Crippen LogP contribution in [0, 0.1) is 11.8 Å². The van der Waals surface area contributed by atoms with Crippen LogP contribution in [0.15, 0.2) is 76.9 Å². The average molecular weight is 387 g/mol. The Bertz CT molecular complexity index is 866. The molecule has 0 aliphatic rings. The number of hydrogen-bond donors (Lipinski definition) is 0. The molecule has 2 rings (SSSR count). The van der Waals surface area contributed by atoms with Gasteiger partial charge in [-0.2, -0.15) is 0 Å². The van der Waals surface area contributed by atoms with Crippen LogP contribution in [0.4, 0.5) is 0 Å². The minimum atomic E-state index is 0.646. The fourth-order valence-corrected chi connectivity index (χ4v) is 3.23. The van der Waals surface area contributed by atoms with E-state index in [9.17, 15) is 0 Å². The fraction of sp³-hybridized carbons (Fsp3) is 0.333. The summed E-state index contributed by atoms with van der Waals surface area (Å²) in [6, 6.07) is 17.3. The number of nitrogens with zero attached hydrogens (tertiary/aromatic N) is 2. The second-order valence-electron chi connectivity index (χ2n) is 8.22. The van der Waals surface area contributed by atoms with E-state index in [2.05, 4.69) is 86.2 Å². The zero-order valence-electron chi connectivity index (χ0n) is 18.5. The van der Waals surface area contributed by atoms with Crippen molar-refractivity contribution in [2.75, 3.05) is 7.05 Å². The number of hydrogen-bond acceptors (Lipinski definition) is 2. The van der Waals surface area contributed by atoms with Gasteiger partial charge < -0.3 is 0 Å². The van der Waals surface area contributed by atoms with Gasteiger partial charge in [-0.25, -0.2) is 0 Å². The predicted octanol–water partition coefficient (Wildman–Crippen LogP) is 6.80. The summed E-state index contributed by atoms with van der Waals surface area (Å²) in [4.78, 5) is 8.77. The molecule has 0 heterocycles. The molecular formula is C27H34N2. The quantitative estimate of drug-likeness (QED) is 0.423. The van der Waals surface area contributed by atoms with Gasteiger partial charge in [0.2, 0.25) is 0 Å². The van der Waals surface area contributed by atoms with Crippen molar-refractivity contribution >= 4 is 18.0 Å². The standard InChI is InChI=1S/C27H34N2/c1-21(2)18-24-13-11-23(12-14-24)15-17-29-16-7-10-27(28-5)26-9-6-8-25(20-26)19-22(3)4/h6-17,20-22H,18-19H2,1-5H3/b10-7-,17-15+,28-27?,29-16+. The van der Waals surface area contributed by atoms with Crippen LogP contribution in [0.3, 0.4) is 0 Å². The Hall–Kier alpha value is -2.74. The zero-order chi connectivity index (χ0) is 21.1. The predicted molar refractivity (Wildman–Crippen MR) is 129 cm³/mol. The Kier molecular flexibility index (Phi) is 9.30. The molecule has 29 heavy (non-hydrogen) atoms. The van der Waals surface area contributed by atoms with E-state index in [4.69, 9.17) is 0 Å². The molecule has 0 aliphatic carbocycles. The van der Waals surface area contributed by atoms with Crippen molar-refractivity contribution < 1.29 is 0 Å². The second kappa shape index (κ2) is 12.0. The maximum Gasteiger partial charge on any atom is 0.0643 e. The monoisotopic (exact) mass is 386 g/mol. The number of allylic oxidation sites excluding steroid dienone is 2. The van der Waals surface area contributed by atoms with Gasteiger partial charge in [-0.3, -0.25) is 9.98 Å². The summed E-state index contributed by atoms with van der Waals surface area (Å²) in [6.07, 6.45) is 11.8. The summed E-state index contributed by atoms with van der Waals surface area (Å²) in [5.74, 6) is 1.33. The molecule has 0 saturated carbocycles. The molecule has 0 unspecified atom stereocenters. The topological polar surface area (TPSA) is 24.7 Å². The van der Waals surface area contributed by atoms with Crippen LogP contribution >= 0.6 is 0 Å². The minimum Gasteiger partial charge on any atom is -0.288 e. The van der Waals surface area contributed by atoms with Gasteiger partial charge >= 0.3 is 0 Å². The Labute approximate surface area is 176 Å². The van der Waals surface area contributed by atoms with E-state index in [1.807, 2.05) is 31.5 Å². The third kappa shape index (κ3) is 8.43. The molecule has 0 radical (unpaired) electrons. The highest BCUT2D eigenvalue weighted by Gasteiger charge is 2.02. The first-order valence-corrected chi connectivity index (χ1v) is 10.5. The molecule has 0 aromatic heterocycles. The molecule has 0 fully saturated rings. The smallest absolute Gasteiger partial charge is 0.0643 e. The lowest BCUT2D eigenvalue weighted by Crippen LogP contribution is -2.00. The van der Waals surface area contributed by atoms with Gasteiger partial charge in [0, 0.05) is 19.5 Å². The number of rotatable bonds is 9. The van der Waals surface area contributed by atoms with Crippen molar-refractivity contribution in [2.45, 2.75) is 40.5 Å². The largest absolute Gasteiger partial charge is 0.288 e.